The third-order valence-electron chi connectivity index (χ3n) is 2.38. The molecule has 0 radical (unpaired) electrons. The predicted octanol–water partition coefficient (Wildman–Crippen LogP) is -0.703. The fraction of sp³-hybridized carbons (Fsp3) is 0.300. The van der Waals surface area contributed by atoms with Crippen LogP contribution in [0.2, 0.25) is 0 Å². The number of nitrogens with one attached hydrogen (secondary N) is 3. The SMILES string of the molecule is CCCC(=O)NC(=O)n1cnc2c(=O)[nH]c(=O)[nH]c21. The van der Waals surface area contributed by atoms with Crippen LogP contribution in [0, 0.1) is 0 Å². The molecule has 9 heteroatoms. The van der Waals surface area contributed by atoms with Crippen molar-refractivity contribution in [3.05, 3.63) is 27.2 Å². The van der Waals surface area contributed by atoms with E-state index in [2.05, 4.69) is 15.3 Å². The molecule has 0 bridgehead atoms. The number of imidazole rings is 1. The number of imide groups is 1. The van der Waals surface area contributed by atoms with Crippen LogP contribution in [0.3, 0.4) is 0 Å². The van der Waals surface area contributed by atoms with E-state index < -0.39 is 23.2 Å². The maximum Gasteiger partial charge on any atom is 0.335 e. The fourth-order valence-corrected chi connectivity index (χ4v) is 1.56. The van der Waals surface area contributed by atoms with Crippen LogP contribution in [-0.4, -0.2) is 31.5 Å². The highest BCUT2D eigenvalue weighted by Crippen LogP contribution is 2.02. The lowest BCUT2D eigenvalue weighted by Gasteiger charge is -2.03. The van der Waals surface area contributed by atoms with Crippen molar-refractivity contribution in [1.29, 1.82) is 0 Å². The maximum absolute atomic E-state index is 11.8. The Kier molecular flexibility index (Phi) is 3.27. The van der Waals surface area contributed by atoms with Gasteiger partial charge >= 0.3 is 11.7 Å². The number of aromatic amines is 2. The summed E-state index contributed by atoms with van der Waals surface area (Å²) in [7, 11) is 0. The Labute approximate surface area is 105 Å². The van der Waals surface area contributed by atoms with Crippen LogP contribution in [-0.2, 0) is 4.79 Å². The summed E-state index contributed by atoms with van der Waals surface area (Å²) in [5, 5.41) is 2.13. The van der Waals surface area contributed by atoms with E-state index in [4.69, 9.17) is 0 Å². The molecule has 0 atom stereocenters. The van der Waals surface area contributed by atoms with Crippen LogP contribution in [0.1, 0.15) is 19.8 Å². The number of nitrogens with zero attached hydrogens (tertiary/aromatic N) is 2. The van der Waals surface area contributed by atoms with Crippen molar-refractivity contribution in [3.8, 4) is 0 Å². The zero-order valence-corrected chi connectivity index (χ0v) is 10.0. The fourth-order valence-electron chi connectivity index (χ4n) is 1.56. The maximum atomic E-state index is 11.8. The zero-order chi connectivity index (χ0) is 14.0. The van der Waals surface area contributed by atoms with Crippen LogP contribution < -0.4 is 16.6 Å². The van der Waals surface area contributed by atoms with Crippen molar-refractivity contribution in [3.63, 3.8) is 0 Å². The molecule has 2 amide bonds. The summed E-state index contributed by atoms with van der Waals surface area (Å²) < 4.78 is 0.902. The van der Waals surface area contributed by atoms with Crippen molar-refractivity contribution >= 4 is 23.1 Å². The number of carbonyl (C=O) groups is 2. The van der Waals surface area contributed by atoms with Gasteiger partial charge in [0.15, 0.2) is 11.2 Å². The molecule has 0 aliphatic carbocycles. The summed E-state index contributed by atoms with van der Waals surface area (Å²) >= 11 is 0. The minimum absolute atomic E-state index is 0.0597. The Balaban J connectivity index is 2.41. The number of rotatable bonds is 2. The smallest absolute Gasteiger partial charge is 0.291 e. The Morgan fingerprint density at radius 3 is 2.79 bits per heavy atom. The zero-order valence-electron chi connectivity index (χ0n) is 10.0. The molecule has 19 heavy (non-hydrogen) atoms. The quantitative estimate of drug-likeness (QED) is 0.660. The molecule has 9 nitrogen and oxygen atoms in total. The number of H-pyrrole nitrogens is 2. The van der Waals surface area contributed by atoms with Gasteiger partial charge in [-0.2, -0.15) is 0 Å². The van der Waals surface area contributed by atoms with Crippen molar-refractivity contribution in [2.45, 2.75) is 19.8 Å². The van der Waals surface area contributed by atoms with Crippen LogP contribution in [0.5, 0.6) is 0 Å². The molecule has 0 fully saturated rings. The first-order valence-corrected chi connectivity index (χ1v) is 5.56. The molecule has 3 N–H and O–H groups in total. The van der Waals surface area contributed by atoms with Crippen molar-refractivity contribution in [1.82, 2.24) is 24.8 Å². The lowest BCUT2D eigenvalue weighted by molar-refractivity contribution is -0.120. The summed E-state index contributed by atoms with van der Waals surface area (Å²) in [6.45, 7) is 1.80. The van der Waals surface area contributed by atoms with Gasteiger partial charge in [0.2, 0.25) is 5.91 Å². The molecule has 0 unspecified atom stereocenters. The minimum Gasteiger partial charge on any atom is -0.291 e. The van der Waals surface area contributed by atoms with E-state index in [-0.39, 0.29) is 17.6 Å². The van der Waals surface area contributed by atoms with Gasteiger partial charge in [0, 0.05) is 6.42 Å². The van der Waals surface area contributed by atoms with E-state index >= 15 is 0 Å². The van der Waals surface area contributed by atoms with E-state index in [0.29, 0.717) is 6.42 Å². The Morgan fingerprint density at radius 1 is 1.37 bits per heavy atom. The number of hydrogen-bond acceptors (Lipinski definition) is 5. The molecule has 2 rings (SSSR count). The van der Waals surface area contributed by atoms with Crippen molar-refractivity contribution in [2.75, 3.05) is 0 Å². The van der Waals surface area contributed by atoms with E-state index in [9.17, 15) is 19.2 Å². The lowest BCUT2D eigenvalue weighted by Crippen LogP contribution is -2.34. The molecule has 2 aromatic rings. The Bertz CT molecular complexity index is 753. The molecule has 0 aliphatic rings. The van der Waals surface area contributed by atoms with Gasteiger partial charge < -0.3 is 0 Å². The molecule has 100 valence electrons. The molecule has 0 spiro atoms. The van der Waals surface area contributed by atoms with E-state index in [1.165, 1.54) is 0 Å². The van der Waals surface area contributed by atoms with Gasteiger partial charge in [-0.1, -0.05) is 6.92 Å². The highest BCUT2D eigenvalue weighted by atomic mass is 16.2. The van der Waals surface area contributed by atoms with Gasteiger partial charge in [0.05, 0.1) is 0 Å². The molecule has 0 saturated heterocycles. The summed E-state index contributed by atoms with van der Waals surface area (Å²) in [4.78, 5) is 53.6. The highest BCUT2D eigenvalue weighted by molar-refractivity contribution is 5.98. The average molecular weight is 265 g/mol. The van der Waals surface area contributed by atoms with Gasteiger partial charge in [-0.3, -0.25) is 24.9 Å². The summed E-state index contributed by atoms with van der Waals surface area (Å²) in [5.41, 5.74) is -1.61. The van der Waals surface area contributed by atoms with E-state index in [1.807, 2.05) is 4.98 Å². The van der Waals surface area contributed by atoms with Crippen LogP contribution in [0.15, 0.2) is 15.9 Å². The number of carbonyl (C=O) groups excluding carboxylic acids is 2. The molecular formula is C10H11N5O4. The largest absolute Gasteiger partial charge is 0.335 e. The molecule has 2 aromatic heterocycles. The summed E-state index contributed by atoms with van der Waals surface area (Å²) in [5.74, 6) is -0.443. The van der Waals surface area contributed by atoms with Gasteiger partial charge in [-0.15, -0.1) is 0 Å². The van der Waals surface area contributed by atoms with Gasteiger partial charge in [0.1, 0.15) is 6.33 Å². The average Bonchev–Trinajstić information content (AvgIpc) is 2.72. The first-order chi connectivity index (χ1) is 9.02. The third kappa shape index (κ3) is 2.44. The first-order valence-electron chi connectivity index (χ1n) is 5.56. The first kappa shape index (κ1) is 12.7. The van der Waals surface area contributed by atoms with Crippen LogP contribution in [0.25, 0.3) is 11.2 Å². The van der Waals surface area contributed by atoms with Crippen LogP contribution >= 0.6 is 0 Å². The molecule has 0 aliphatic heterocycles. The Morgan fingerprint density at radius 2 is 2.11 bits per heavy atom. The summed E-state index contributed by atoms with van der Waals surface area (Å²) in [6.07, 6.45) is 1.86. The summed E-state index contributed by atoms with van der Waals surface area (Å²) in [6, 6.07) is -0.776. The molecule has 0 saturated carbocycles. The topological polar surface area (TPSA) is 130 Å². The second kappa shape index (κ2) is 4.88. The van der Waals surface area contributed by atoms with E-state index in [1.54, 1.807) is 6.92 Å². The second-order valence-corrected chi connectivity index (χ2v) is 3.82. The van der Waals surface area contributed by atoms with Crippen molar-refractivity contribution < 1.29 is 9.59 Å². The standard InChI is InChI=1S/C10H11N5O4/c1-2-3-5(16)12-10(19)15-4-11-6-7(15)13-9(18)14-8(6)17/h4H,2-3H2,1H3,(H,12,16,19)(H2,13,14,17,18). The van der Waals surface area contributed by atoms with E-state index in [0.717, 1.165) is 10.9 Å². The Hall–Kier alpha value is -2.71. The minimum atomic E-state index is -0.776. The van der Waals surface area contributed by atoms with Crippen molar-refractivity contribution in [2.24, 2.45) is 0 Å². The normalized spacial score (nSPS) is 10.6. The monoisotopic (exact) mass is 265 g/mol. The second-order valence-electron chi connectivity index (χ2n) is 3.82. The number of hydrogen-bond donors (Lipinski definition) is 3. The van der Waals surface area contributed by atoms with Gasteiger partial charge in [0.25, 0.3) is 5.56 Å². The number of aromatic nitrogens is 4. The molecule has 2 heterocycles. The molecular weight excluding hydrogens is 254 g/mol. The molecule has 0 aromatic carbocycles. The predicted molar refractivity (Wildman–Crippen MR) is 64.8 cm³/mol. The van der Waals surface area contributed by atoms with Crippen LogP contribution in [0.4, 0.5) is 4.79 Å². The number of amides is 2. The highest BCUT2D eigenvalue weighted by Gasteiger charge is 2.15. The van der Waals surface area contributed by atoms with Gasteiger partial charge in [-0.05, 0) is 6.42 Å². The third-order valence-corrected chi connectivity index (χ3v) is 2.38. The lowest BCUT2D eigenvalue weighted by atomic mass is 10.3. The number of fused-ring (bicyclic) bond motifs is 1. The van der Waals surface area contributed by atoms with Gasteiger partial charge in [-0.25, -0.2) is 19.1 Å².